The van der Waals surface area contributed by atoms with Crippen molar-refractivity contribution in [2.24, 2.45) is 0 Å². The van der Waals surface area contributed by atoms with Gasteiger partial charge in [-0.3, -0.25) is 4.72 Å². The van der Waals surface area contributed by atoms with Crippen LogP contribution in [0.5, 0.6) is 0 Å². The van der Waals surface area contributed by atoms with Gasteiger partial charge in [0.1, 0.15) is 10.7 Å². The Kier molecular flexibility index (Phi) is 4.13. The Morgan fingerprint density at radius 3 is 2.47 bits per heavy atom. The molecule has 0 fully saturated rings. The third kappa shape index (κ3) is 3.26. The van der Waals surface area contributed by atoms with Crippen LogP contribution in [-0.2, 0) is 10.0 Å². The molecule has 0 atom stereocenters. The lowest BCUT2D eigenvalue weighted by Crippen LogP contribution is -2.13. The van der Waals surface area contributed by atoms with Crippen LogP contribution in [0.4, 0.5) is 10.1 Å². The third-order valence-electron chi connectivity index (χ3n) is 2.30. The second-order valence-electron chi connectivity index (χ2n) is 3.66. The van der Waals surface area contributed by atoms with Crippen LogP contribution in [0.25, 0.3) is 0 Å². The predicted octanol–water partition coefficient (Wildman–Crippen LogP) is 4.04. The Balaban J connectivity index is 2.37. The second-order valence-corrected chi connectivity index (χ2v) is 6.58. The number of hydrogen-bond donors (Lipinski definition) is 1. The topological polar surface area (TPSA) is 46.2 Å². The molecule has 0 aromatic heterocycles. The van der Waals surface area contributed by atoms with Crippen molar-refractivity contribution in [1.29, 1.82) is 0 Å². The lowest BCUT2D eigenvalue weighted by Gasteiger charge is -2.09. The maximum Gasteiger partial charge on any atom is 0.263 e. The summed E-state index contributed by atoms with van der Waals surface area (Å²) in [5.74, 6) is -0.472. The number of sulfonamides is 1. The van der Waals surface area contributed by atoms with Gasteiger partial charge in [-0.25, -0.2) is 12.8 Å². The molecule has 2 rings (SSSR count). The summed E-state index contributed by atoms with van der Waals surface area (Å²) in [6, 6.07) is 9.91. The highest BCUT2D eigenvalue weighted by atomic mass is 79.9. The minimum atomic E-state index is -3.80. The Morgan fingerprint density at radius 1 is 1.16 bits per heavy atom. The molecule has 2 aromatic carbocycles. The monoisotopic (exact) mass is 363 g/mol. The average molecular weight is 365 g/mol. The van der Waals surface area contributed by atoms with Gasteiger partial charge in [0.2, 0.25) is 0 Å². The normalized spacial score (nSPS) is 11.3. The smallest absolute Gasteiger partial charge is 0.263 e. The zero-order valence-electron chi connectivity index (χ0n) is 9.40. The van der Waals surface area contributed by atoms with E-state index in [1.807, 2.05) is 0 Å². The van der Waals surface area contributed by atoms with Gasteiger partial charge < -0.3 is 0 Å². The van der Waals surface area contributed by atoms with E-state index in [1.54, 1.807) is 12.1 Å². The molecule has 0 heterocycles. The molecule has 1 N–H and O–H groups in total. The Bertz CT molecular complexity index is 721. The van der Waals surface area contributed by atoms with Crippen LogP contribution >= 0.6 is 27.5 Å². The van der Waals surface area contributed by atoms with Crippen molar-refractivity contribution in [1.82, 2.24) is 0 Å². The SMILES string of the molecule is O=S(=O)(Nc1ccc(F)c(Br)c1)c1ccccc1Cl. The van der Waals surface area contributed by atoms with E-state index in [4.69, 9.17) is 11.6 Å². The van der Waals surface area contributed by atoms with E-state index in [0.717, 1.165) is 6.07 Å². The molecule has 19 heavy (non-hydrogen) atoms. The summed E-state index contributed by atoms with van der Waals surface area (Å²) in [5, 5.41) is 0.121. The molecule has 0 amide bonds. The zero-order valence-corrected chi connectivity index (χ0v) is 12.6. The van der Waals surface area contributed by atoms with Crippen molar-refractivity contribution >= 4 is 43.2 Å². The molecule has 0 saturated carbocycles. The van der Waals surface area contributed by atoms with Gasteiger partial charge in [0.25, 0.3) is 10.0 Å². The summed E-state index contributed by atoms with van der Waals surface area (Å²) < 4.78 is 39.8. The summed E-state index contributed by atoms with van der Waals surface area (Å²) in [7, 11) is -3.80. The Hall–Kier alpha value is -1.11. The molecule has 0 spiro atoms. The van der Waals surface area contributed by atoms with Gasteiger partial charge in [0, 0.05) is 0 Å². The van der Waals surface area contributed by atoms with Gasteiger partial charge in [0.15, 0.2) is 0 Å². The number of nitrogens with one attached hydrogen (secondary N) is 1. The van der Waals surface area contributed by atoms with Crippen molar-refractivity contribution in [3.63, 3.8) is 0 Å². The van der Waals surface area contributed by atoms with Crippen LogP contribution in [0.1, 0.15) is 0 Å². The number of anilines is 1. The lowest BCUT2D eigenvalue weighted by molar-refractivity contribution is 0.601. The molecular formula is C12H8BrClFNO2S. The number of benzene rings is 2. The van der Waals surface area contributed by atoms with Gasteiger partial charge in [-0.1, -0.05) is 23.7 Å². The fourth-order valence-electron chi connectivity index (χ4n) is 1.43. The summed E-state index contributed by atoms with van der Waals surface area (Å²) in [4.78, 5) is -0.0304. The van der Waals surface area contributed by atoms with Gasteiger partial charge in [-0.2, -0.15) is 0 Å². The van der Waals surface area contributed by atoms with Gasteiger partial charge in [-0.15, -0.1) is 0 Å². The first-order chi connectivity index (χ1) is 8.90. The molecule has 0 aliphatic heterocycles. The summed E-state index contributed by atoms with van der Waals surface area (Å²) in [6.45, 7) is 0. The fraction of sp³-hybridized carbons (Fsp3) is 0. The minimum absolute atomic E-state index is 0.0304. The minimum Gasteiger partial charge on any atom is -0.280 e. The first-order valence-electron chi connectivity index (χ1n) is 5.12. The highest BCUT2D eigenvalue weighted by molar-refractivity contribution is 9.10. The van der Waals surface area contributed by atoms with Crippen molar-refractivity contribution < 1.29 is 12.8 Å². The molecule has 100 valence electrons. The molecular weight excluding hydrogens is 357 g/mol. The first kappa shape index (κ1) is 14.3. The number of rotatable bonds is 3. The van der Waals surface area contributed by atoms with E-state index in [-0.39, 0.29) is 20.1 Å². The fourth-order valence-corrected chi connectivity index (χ4v) is 3.38. The van der Waals surface area contributed by atoms with E-state index in [0.29, 0.717) is 0 Å². The summed E-state index contributed by atoms with van der Waals surface area (Å²) in [6.07, 6.45) is 0. The molecule has 2 aromatic rings. The third-order valence-corrected chi connectivity index (χ3v) is 4.79. The van der Waals surface area contributed by atoms with Gasteiger partial charge in [-0.05, 0) is 46.3 Å². The molecule has 0 bridgehead atoms. The van der Waals surface area contributed by atoms with Crippen molar-refractivity contribution in [3.05, 3.63) is 57.8 Å². The average Bonchev–Trinajstić information content (AvgIpc) is 2.34. The maximum absolute atomic E-state index is 13.1. The second kappa shape index (κ2) is 5.48. The molecule has 0 aliphatic rings. The highest BCUT2D eigenvalue weighted by Crippen LogP contribution is 2.25. The van der Waals surface area contributed by atoms with Crippen LogP contribution in [0, 0.1) is 5.82 Å². The highest BCUT2D eigenvalue weighted by Gasteiger charge is 2.17. The standard InChI is InChI=1S/C12H8BrClFNO2S/c13-9-7-8(5-6-11(9)15)16-19(17,18)12-4-2-1-3-10(12)14/h1-7,16H. The zero-order chi connectivity index (χ0) is 14.0. The number of hydrogen-bond acceptors (Lipinski definition) is 2. The van der Waals surface area contributed by atoms with Crippen molar-refractivity contribution in [3.8, 4) is 0 Å². The van der Waals surface area contributed by atoms with E-state index in [9.17, 15) is 12.8 Å². The van der Waals surface area contributed by atoms with Gasteiger partial charge in [0.05, 0.1) is 15.2 Å². The molecule has 0 saturated heterocycles. The van der Waals surface area contributed by atoms with Crippen molar-refractivity contribution in [2.75, 3.05) is 4.72 Å². The maximum atomic E-state index is 13.1. The van der Waals surface area contributed by atoms with Crippen LogP contribution in [-0.4, -0.2) is 8.42 Å². The quantitative estimate of drug-likeness (QED) is 0.893. The van der Waals surface area contributed by atoms with E-state index in [2.05, 4.69) is 20.7 Å². The molecule has 0 unspecified atom stereocenters. The Labute approximate surface area is 123 Å². The molecule has 3 nitrogen and oxygen atoms in total. The van der Waals surface area contributed by atoms with Crippen LogP contribution < -0.4 is 4.72 Å². The van der Waals surface area contributed by atoms with Crippen LogP contribution in [0.3, 0.4) is 0 Å². The summed E-state index contributed by atoms with van der Waals surface area (Å²) in [5.41, 5.74) is 0.244. The largest absolute Gasteiger partial charge is 0.280 e. The number of halogens is 3. The lowest BCUT2D eigenvalue weighted by atomic mass is 10.3. The Morgan fingerprint density at radius 2 is 1.84 bits per heavy atom. The first-order valence-corrected chi connectivity index (χ1v) is 7.78. The summed E-state index contributed by atoms with van der Waals surface area (Å²) >= 11 is 8.83. The van der Waals surface area contributed by atoms with Crippen LogP contribution in [0.2, 0.25) is 5.02 Å². The van der Waals surface area contributed by atoms with Crippen LogP contribution in [0.15, 0.2) is 51.8 Å². The molecule has 7 heteroatoms. The van der Waals surface area contributed by atoms with E-state index >= 15 is 0 Å². The van der Waals surface area contributed by atoms with Crippen molar-refractivity contribution in [2.45, 2.75) is 4.90 Å². The van der Waals surface area contributed by atoms with E-state index < -0.39 is 15.8 Å². The van der Waals surface area contributed by atoms with Gasteiger partial charge >= 0.3 is 0 Å². The molecule has 0 radical (unpaired) electrons. The van der Waals surface area contributed by atoms with E-state index in [1.165, 1.54) is 24.3 Å². The molecule has 0 aliphatic carbocycles. The predicted molar refractivity (Wildman–Crippen MR) is 76.4 cm³/mol.